The summed E-state index contributed by atoms with van der Waals surface area (Å²) in [5, 5.41) is 4.40. The maximum atomic E-state index is 11.9. The predicted octanol–water partition coefficient (Wildman–Crippen LogP) is 3.45. The van der Waals surface area contributed by atoms with Gasteiger partial charge in [0.1, 0.15) is 0 Å². The third-order valence-corrected chi connectivity index (χ3v) is 3.29. The number of aromatic nitrogens is 3. The molecule has 0 N–H and O–H groups in total. The Kier molecular flexibility index (Phi) is 4.34. The average Bonchev–Trinajstić information content (AvgIpc) is 3.03. The standard InChI is InChI=1S/C16H12ClN3O3/c1-10-2-3-12(8-18-10)16(21)22-9-14-19-15(23-20-14)11-4-6-13(17)7-5-11/h2-8H,9H2,1H3. The predicted molar refractivity (Wildman–Crippen MR) is 82.8 cm³/mol. The van der Waals surface area contributed by atoms with Crippen LogP contribution in [0, 0.1) is 6.92 Å². The van der Waals surface area contributed by atoms with Gasteiger partial charge >= 0.3 is 5.97 Å². The van der Waals surface area contributed by atoms with Crippen LogP contribution in [0.4, 0.5) is 0 Å². The first kappa shape index (κ1) is 15.2. The molecule has 0 saturated heterocycles. The van der Waals surface area contributed by atoms with Gasteiger partial charge in [-0.15, -0.1) is 0 Å². The molecule has 0 radical (unpaired) electrons. The topological polar surface area (TPSA) is 78.1 Å². The molecule has 3 rings (SSSR count). The molecule has 0 atom stereocenters. The highest BCUT2D eigenvalue weighted by atomic mass is 35.5. The maximum absolute atomic E-state index is 11.9. The molecule has 0 saturated carbocycles. The molecule has 0 bridgehead atoms. The molecule has 0 aliphatic rings. The first-order valence-corrected chi connectivity index (χ1v) is 7.18. The van der Waals surface area contributed by atoms with Crippen LogP contribution >= 0.6 is 11.6 Å². The summed E-state index contributed by atoms with van der Waals surface area (Å²) in [5.74, 6) is 0.128. The molecule has 0 aliphatic carbocycles. The molecule has 116 valence electrons. The van der Waals surface area contributed by atoms with E-state index in [2.05, 4.69) is 15.1 Å². The second kappa shape index (κ2) is 6.58. The zero-order valence-electron chi connectivity index (χ0n) is 12.2. The highest BCUT2D eigenvalue weighted by Gasteiger charge is 2.12. The van der Waals surface area contributed by atoms with Crippen LogP contribution in [0.25, 0.3) is 11.5 Å². The summed E-state index contributed by atoms with van der Waals surface area (Å²) in [4.78, 5) is 20.1. The van der Waals surface area contributed by atoms with Crippen molar-refractivity contribution in [1.29, 1.82) is 0 Å². The van der Waals surface area contributed by atoms with Gasteiger partial charge in [-0.25, -0.2) is 4.79 Å². The Hall–Kier alpha value is -2.73. The number of hydrogen-bond donors (Lipinski definition) is 0. The van der Waals surface area contributed by atoms with Crippen molar-refractivity contribution >= 4 is 17.6 Å². The van der Waals surface area contributed by atoms with Crippen LogP contribution in [0.15, 0.2) is 47.1 Å². The lowest BCUT2D eigenvalue weighted by Gasteiger charge is -2.01. The van der Waals surface area contributed by atoms with Crippen molar-refractivity contribution in [2.24, 2.45) is 0 Å². The summed E-state index contributed by atoms with van der Waals surface area (Å²) in [6.07, 6.45) is 1.47. The van der Waals surface area contributed by atoms with Gasteiger partial charge in [-0.05, 0) is 43.3 Å². The minimum Gasteiger partial charge on any atom is -0.454 e. The normalized spacial score (nSPS) is 10.5. The number of aryl methyl sites for hydroxylation is 1. The molecule has 2 aromatic heterocycles. The lowest BCUT2D eigenvalue weighted by Crippen LogP contribution is -2.06. The van der Waals surface area contributed by atoms with Gasteiger partial charge in [0, 0.05) is 22.5 Å². The van der Waals surface area contributed by atoms with Crippen LogP contribution in [0.2, 0.25) is 5.02 Å². The van der Waals surface area contributed by atoms with E-state index < -0.39 is 5.97 Å². The number of pyridine rings is 1. The number of esters is 1. The van der Waals surface area contributed by atoms with Gasteiger partial charge in [0.2, 0.25) is 5.82 Å². The van der Waals surface area contributed by atoms with Crippen molar-refractivity contribution in [3.63, 3.8) is 0 Å². The molecule has 0 spiro atoms. The van der Waals surface area contributed by atoms with Crippen LogP contribution in [-0.4, -0.2) is 21.1 Å². The van der Waals surface area contributed by atoms with Gasteiger partial charge in [0.25, 0.3) is 5.89 Å². The van der Waals surface area contributed by atoms with Crippen molar-refractivity contribution in [2.75, 3.05) is 0 Å². The fourth-order valence-electron chi connectivity index (χ4n) is 1.82. The Morgan fingerprint density at radius 3 is 2.70 bits per heavy atom. The van der Waals surface area contributed by atoms with E-state index in [4.69, 9.17) is 20.9 Å². The second-order valence-electron chi connectivity index (χ2n) is 4.79. The maximum Gasteiger partial charge on any atom is 0.340 e. The largest absolute Gasteiger partial charge is 0.454 e. The number of benzene rings is 1. The first-order chi connectivity index (χ1) is 11.1. The molecule has 0 unspecified atom stereocenters. The monoisotopic (exact) mass is 329 g/mol. The Balaban J connectivity index is 1.64. The minimum atomic E-state index is -0.490. The number of rotatable bonds is 4. The summed E-state index contributed by atoms with van der Waals surface area (Å²) >= 11 is 5.83. The van der Waals surface area contributed by atoms with Crippen LogP contribution < -0.4 is 0 Å². The Bertz CT molecular complexity index is 813. The number of ether oxygens (including phenoxy) is 1. The van der Waals surface area contributed by atoms with Gasteiger partial charge in [0.05, 0.1) is 5.56 Å². The molecular weight excluding hydrogens is 318 g/mol. The first-order valence-electron chi connectivity index (χ1n) is 6.80. The molecule has 0 aliphatic heterocycles. The van der Waals surface area contributed by atoms with Crippen molar-refractivity contribution in [1.82, 2.24) is 15.1 Å². The Labute approximate surface area is 137 Å². The minimum absolute atomic E-state index is 0.0796. The van der Waals surface area contributed by atoms with Gasteiger partial charge in [-0.1, -0.05) is 16.8 Å². The zero-order chi connectivity index (χ0) is 16.2. The highest BCUT2D eigenvalue weighted by Crippen LogP contribution is 2.19. The molecule has 0 fully saturated rings. The lowest BCUT2D eigenvalue weighted by atomic mass is 10.2. The molecule has 3 aromatic rings. The third-order valence-electron chi connectivity index (χ3n) is 3.04. The average molecular weight is 330 g/mol. The number of carbonyl (C=O) groups excluding carboxylic acids is 1. The van der Waals surface area contributed by atoms with Crippen LogP contribution in [0.3, 0.4) is 0 Å². The van der Waals surface area contributed by atoms with E-state index in [0.29, 0.717) is 16.5 Å². The third kappa shape index (κ3) is 3.73. The van der Waals surface area contributed by atoms with E-state index in [0.717, 1.165) is 11.3 Å². The van der Waals surface area contributed by atoms with Crippen molar-refractivity contribution in [3.8, 4) is 11.5 Å². The van der Waals surface area contributed by atoms with E-state index in [1.54, 1.807) is 36.4 Å². The van der Waals surface area contributed by atoms with Crippen LogP contribution in [-0.2, 0) is 11.3 Å². The van der Waals surface area contributed by atoms with Crippen molar-refractivity contribution in [2.45, 2.75) is 13.5 Å². The number of halogens is 1. The van der Waals surface area contributed by atoms with Gasteiger partial charge in [-0.3, -0.25) is 4.98 Å². The fraction of sp³-hybridized carbons (Fsp3) is 0.125. The number of nitrogens with zero attached hydrogens (tertiary/aromatic N) is 3. The summed E-state index contributed by atoms with van der Waals surface area (Å²) in [6, 6.07) is 10.4. The van der Waals surface area contributed by atoms with Crippen LogP contribution in [0.1, 0.15) is 21.9 Å². The van der Waals surface area contributed by atoms with E-state index in [1.165, 1.54) is 6.20 Å². The quantitative estimate of drug-likeness (QED) is 0.682. The second-order valence-corrected chi connectivity index (χ2v) is 5.22. The fourth-order valence-corrected chi connectivity index (χ4v) is 1.95. The smallest absolute Gasteiger partial charge is 0.340 e. The molecule has 1 aromatic carbocycles. The summed E-state index contributed by atoms with van der Waals surface area (Å²) in [5.41, 5.74) is 1.94. The van der Waals surface area contributed by atoms with E-state index in [1.807, 2.05) is 6.92 Å². The number of hydrogen-bond acceptors (Lipinski definition) is 6. The Morgan fingerprint density at radius 1 is 1.22 bits per heavy atom. The SMILES string of the molecule is Cc1ccc(C(=O)OCc2noc(-c3ccc(Cl)cc3)n2)cn1. The van der Waals surface area contributed by atoms with E-state index in [-0.39, 0.29) is 12.4 Å². The van der Waals surface area contributed by atoms with Gasteiger partial charge < -0.3 is 9.26 Å². The molecule has 7 heteroatoms. The lowest BCUT2D eigenvalue weighted by molar-refractivity contribution is 0.0459. The molecule has 2 heterocycles. The van der Waals surface area contributed by atoms with Crippen molar-refractivity contribution < 1.29 is 14.1 Å². The number of carbonyl (C=O) groups is 1. The van der Waals surface area contributed by atoms with Crippen molar-refractivity contribution in [3.05, 3.63) is 64.7 Å². The molecule has 23 heavy (non-hydrogen) atoms. The summed E-state index contributed by atoms with van der Waals surface area (Å²) in [6.45, 7) is 1.76. The Morgan fingerprint density at radius 2 is 2.00 bits per heavy atom. The molecular formula is C16H12ClN3O3. The molecule has 0 amide bonds. The van der Waals surface area contributed by atoms with Crippen LogP contribution in [0.5, 0.6) is 0 Å². The van der Waals surface area contributed by atoms with E-state index in [9.17, 15) is 4.79 Å². The van der Waals surface area contributed by atoms with Gasteiger partial charge in [0.15, 0.2) is 6.61 Å². The van der Waals surface area contributed by atoms with Gasteiger partial charge in [-0.2, -0.15) is 4.98 Å². The molecule has 6 nitrogen and oxygen atoms in total. The summed E-state index contributed by atoms with van der Waals surface area (Å²) in [7, 11) is 0. The summed E-state index contributed by atoms with van der Waals surface area (Å²) < 4.78 is 10.3. The van der Waals surface area contributed by atoms with E-state index >= 15 is 0 Å². The zero-order valence-corrected chi connectivity index (χ0v) is 12.9. The highest BCUT2D eigenvalue weighted by molar-refractivity contribution is 6.30.